The monoisotopic (exact) mass is 349 g/mol. The number of benzene rings is 1. The van der Waals surface area contributed by atoms with Gasteiger partial charge in [0.1, 0.15) is 11.8 Å². The Labute approximate surface area is 143 Å². The molecule has 1 atom stereocenters. The lowest BCUT2D eigenvalue weighted by Crippen LogP contribution is -2.39. The topological polar surface area (TPSA) is 112 Å². The zero-order valence-electron chi connectivity index (χ0n) is 12.6. The maximum atomic E-state index is 12.0. The first-order chi connectivity index (χ1) is 11.5. The van der Waals surface area contributed by atoms with Gasteiger partial charge in [0.05, 0.1) is 12.1 Å². The standard InChI is InChI=1S/C16H16ClN3O4/c17-11-3-4-14(21)12(6-11)20-15(22)7-13(16(23)24)19-9-10-2-1-5-18-8-10/h1-6,8,13,19,21H,7,9H2,(H,20,22)(H,23,24)/t13-/m1/s1. The summed E-state index contributed by atoms with van der Waals surface area (Å²) in [5, 5.41) is 24.5. The highest BCUT2D eigenvalue weighted by Crippen LogP contribution is 2.26. The molecule has 24 heavy (non-hydrogen) atoms. The van der Waals surface area contributed by atoms with E-state index in [1.54, 1.807) is 24.5 Å². The quantitative estimate of drug-likeness (QED) is 0.569. The SMILES string of the molecule is O=C(C[C@@H](NCc1cccnc1)C(=O)O)Nc1cc(Cl)ccc1O. The van der Waals surface area contributed by atoms with E-state index in [0.717, 1.165) is 5.56 Å². The lowest BCUT2D eigenvalue weighted by molar-refractivity contribution is -0.141. The van der Waals surface area contributed by atoms with Crippen molar-refractivity contribution in [2.24, 2.45) is 0 Å². The van der Waals surface area contributed by atoms with Crippen LogP contribution < -0.4 is 10.6 Å². The van der Waals surface area contributed by atoms with E-state index in [2.05, 4.69) is 15.6 Å². The molecule has 1 aromatic heterocycles. The normalized spacial score (nSPS) is 11.7. The van der Waals surface area contributed by atoms with Gasteiger partial charge in [-0.2, -0.15) is 0 Å². The molecule has 4 N–H and O–H groups in total. The molecule has 1 heterocycles. The van der Waals surface area contributed by atoms with Crippen LogP contribution in [-0.4, -0.2) is 33.1 Å². The summed E-state index contributed by atoms with van der Waals surface area (Å²) in [5.74, 6) is -1.86. The van der Waals surface area contributed by atoms with Crippen molar-refractivity contribution in [2.45, 2.75) is 19.0 Å². The van der Waals surface area contributed by atoms with Gasteiger partial charge in [-0.15, -0.1) is 0 Å². The van der Waals surface area contributed by atoms with Gasteiger partial charge in [0.25, 0.3) is 0 Å². The number of amides is 1. The number of rotatable bonds is 7. The number of hydrogen-bond acceptors (Lipinski definition) is 5. The number of pyridine rings is 1. The number of carboxylic acids is 1. The molecule has 0 fully saturated rings. The lowest BCUT2D eigenvalue weighted by atomic mass is 10.1. The molecule has 0 aliphatic heterocycles. The second-order valence-electron chi connectivity index (χ2n) is 5.05. The number of carbonyl (C=O) groups excluding carboxylic acids is 1. The van der Waals surface area contributed by atoms with Gasteiger partial charge in [0.2, 0.25) is 5.91 Å². The van der Waals surface area contributed by atoms with Gasteiger partial charge in [0.15, 0.2) is 0 Å². The maximum absolute atomic E-state index is 12.0. The third kappa shape index (κ3) is 5.22. The van der Waals surface area contributed by atoms with Gasteiger partial charge in [-0.1, -0.05) is 17.7 Å². The van der Waals surface area contributed by atoms with Crippen molar-refractivity contribution in [1.29, 1.82) is 0 Å². The summed E-state index contributed by atoms with van der Waals surface area (Å²) in [6.07, 6.45) is 2.92. The van der Waals surface area contributed by atoms with Gasteiger partial charge < -0.3 is 15.5 Å². The van der Waals surface area contributed by atoms with Crippen molar-refractivity contribution in [3.05, 3.63) is 53.3 Å². The fourth-order valence-electron chi connectivity index (χ4n) is 1.99. The average molecular weight is 350 g/mol. The third-order valence-electron chi connectivity index (χ3n) is 3.20. The second kappa shape index (κ2) is 8.28. The minimum Gasteiger partial charge on any atom is -0.506 e. The van der Waals surface area contributed by atoms with E-state index in [4.69, 9.17) is 11.6 Å². The highest BCUT2D eigenvalue weighted by Gasteiger charge is 2.21. The van der Waals surface area contributed by atoms with E-state index in [1.165, 1.54) is 18.2 Å². The highest BCUT2D eigenvalue weighted by atomic mass is 35.5. The van der Waals surface area contributed by atoms with Crippen LogP contribution in [-0.2, 0) is 16.1 Å². The predicted molar refractivity (Wildman–Crippen MR) is 88.9 cm³/mol. The van der Waals surface area contributed by atoms with Crippen LogP contribution in [0.25, 0.3) is 0 Å². The van der Waals surface area contributed by atoms with Gasteiger partial charge in [-0.25, -0.2) is 0 Å². The molecule has 0 saturated heterocycles. The average Bonchev–Trinajstić information content (AvgIpc) is 2.55. The summed E-state index contributed by atoms with van der Waals surface area (Å²) in [6, 6.07) is 6.65. The van der Waals surface area contributed by atoms with E-state index in [0.29, 0.717) is 5.02 Å². The van der Waals surface area contributed by atoms with Crippen LogP contribution in [0.3, 0.4) is 0 Å². The zero-order valence-corrected chi connectivity index (χ0v) is 13.3. The first-order valence-electron chi connectivity index (χ1n) is 7.09. The molecule has 0 saturated carbocycles. The summed E-state index contributed by atoms with van der Waals surface area (Å²) in [7, 11) is 0. The van der Waals surface area contributed by atoms with Crippen molar-refractivity contribution in [1.82, 2.24) is 10.3 Å². The van der Waals surface area contributed by atoms with E-state index < -0.39 is 17.9 Å². The van der Waals surface area contributed by atoms with E-state index in [9.17, 15) is 19.8 Å². The first kappa shape index (κ1) is 17.7. The van der Waals surface area contributed by atoms with Gasteiger partial charge in [0, 0.05) is 24.0 Å². The predicted octanol–water partition coefficient (Wildman–Crippen LogP) is 2.01. The Hall–Kier alpha value is -2.64. The number of anilines is 1. The number of carboxylic acid groups (broad SMARTS) is 1. The Morgan fingerprint density at radius 1 is 1.29 bits per heavy atom. The first-order valence-corrected chi connectivity index (χ1v) is 7.47. The summed E-state index contributed by atoms with van der Waals surface area (Å²) in [4.78, 5) is 27.3. The number of nitrogens with zero attached hydrogens (tertiary/aromatic N) is 1. The number of nitrogens with one attached hydrogen (secondary N) is 2. The molecule has 0 unspecified atom stereocenters. The summed E-state index contributed by atoms with van der Waals surface area (Å²) in [6.45, 7) is 0.264. The van der Waals surface area contributed by atoms with Crippen molar-refractivity contribution < 1.29 is 19.8 Å². The number of aromatic nitrogens is 1. The molecule has 0 aliphatic rings. The Balaban J connectivity index is 1.95. The molecule has 7 nitrogen and oxygen atoms in total. The zero-order chi connectivity index (χ0) is 17.5. The summed E-state index contributed by atoms with van der Waals surface area (Å²) in [5.41, 5.74) is 0.931. The Kier molecular flexibility index (Phi) is 6.11. The smallest absolute Gasteiger partial charge is 0.321 e. The Morgan fingerprint density at radius 2 is 2.08 bits per heavy atom. The molecule has 0 radical (unpaired) electrons. The molecule has 1 amide bonds. The highest BCUT2D eigenvalue weighted by molar-refractivity contribution is 6.31. The van der Waals surface area contributed by atoms with Crippen molar-refractivity contribution >= 4 is 29.2 Å². The van der Waals surface area contributed by atoms with Crippen LogP contribution in [0.1, 0.15) is 12.0 Å². The molecule has 1 aromatic carbocycles. The molecule has 126 valence electrons. The number of phenolic OH excluding ortho intramolecular Hbond substituents is 1. The molecule has 0 bridgehead atoms. The van der Waals surface area contributed by atoms with Crippen molar-refractivity contribution in [2.75, 3.05) is 5.32 Å². The Bertz CT molecular complexity index is 725. The second-order valence-corrected chi connectivity index (χ2v) is 5.48. The van der Waals surface area contributed by atoms with Crippen molar-refractivity contribution in [3.63, 3.8) is 0 Å². The van der Waals surface area contributed by atoms with Gasteiger partial charge >= 0.3 is 5.97 Å². The van der Waals surface area contributed by atoms with Crippen LogP contribution in [0.2, 0.25) is 5.02 Å². The molecular formula is C16H16ClN3O4. The third-order valence-corrected chi connectivity index (χ3v) is 3.43. The minimum absolute atomic E-state index is 0.129. The molecule has 0 spiro atoms. The van der Waals surface area contributed by atoms with Crippen LogP contribution in [0.15, 0.2) is 42.7 Å². The number of phenols is 1. The molecule has 8 heteroatoms. The van der Waals surface area contributed by atoms with Crippen LogP contribution >= 0.6 is 11.6 Å². The maximum Gasteiger partial charge on any atom is 0.321 e. The van der Waals surface area contributed by atoms with Crippen LogP contribution in [0, 0.1) is 0 Å². The van der Waals surface area contributed by atoms with Crippen LogP contribution in [0.4, 0.5) is 5.69 Å². The number of aliphatic carboxylic acids is 1. The Morgan fingerprint density at radius 3 is 2.75 bits per heavy atom. The van der Waals surface area contributed by atoms with Gasteiger partial charge in [-0.05, 0) is 29.8 Å². The molecule has 2 rings (SSSR count). The summed E-state index contributed by atoms with van der Waals surface area (Å²) >= 11 is 5.80. The van der Waals surface area contributed by atoms with Crippen molar-refractivity contribution in [3.8, 4) is 5.75 Å². The number of aromatic hydroxyl groups is 1. The van der Waals surface area contributed by atoms with E-state index in [-0.39, 0.29) is 24.4 Å². The van der Waals surface area contributed by atoms with E-state index >= 15 is 0 Å². The van der Waals surface area contributed by atoms with Crippen LogP contribution in [0.5, 0.6) is 5.75 Å². The fraction of sp³-hybridized carbons (Fsp3) is 0.188. The lowest BCUT2D eigenvalue weighted by Gasteiger charge is -2.15. The molecule has 0 aliphatic carbocycles. The number of halogens is 1. The number of hydrogen-bond donors (Lipinski definition) is 4. The van der Waals surface area contributed by atoms with Gasteiger partial charge in [-0.3, -0.25) is 19.9 Å². The van der Waals surface area contributed by atoms with E-state index in [1.807, 2.05) is 0 Å². The molecular weight excluding hydrogens is 334 g/mol. The largest absolute Gasteiger partial charge is 0.506 e. The fourth-order valence-corrected chi connectivity index (χ4v) is 2.16. The summed E-state index contributed by atoms with van der Waals surface area (Å²) < 4.78 is 0. The number of carbonyl (C=O) groups is 2. The molecule has 2 aromatic rings. The minimum atomic E-state index is -1.15.